The molecule has 1 fully saturated rings. The van der Waals surface area contributed by atoms with Gasteiger partial charge in [0.2, 0.25) is 5.91 Å². The van der Waals surface area contributed by atoms with Crippen LogP contribution < -0.4 is 15.5 Å². The van der Waals surface area contributed by atoms with E-state index in [4.69, 9.17) is 17.0 Å². The van der Waals surface area contributed by atoms with Gasteiger partial charge in [0.1, 0.15) is 17.6 Å². The van der Waals surface area contributed by atoms with Crippen LogP contribution in [0.5, 0.6) is 5.75 Å². The number of carbonyl (C=O) groups excluding carboxylic acids is 3. The summed E-state index contributed by atoms with van der Waals surface area (Å²) >= 11 is 5.52. The highest BCUT2D eigenvalue weighted by Crippen LogP contribution is 2.25. The molecule has 1 aliphatic rings. The molecule has 8 nitrogen and oxygen atoms in total. The maximum absolute atomic E-state index is 13.7. The summed E-state index contributed by atoms with van der Waals surface area (Å²) in [7, 11) is 1.48. The molecule has 0 saturated carbocycles. The van der Waals surface area contributed by atoms with Crippen LogP contribution in [-0.4, -0.2) is 45.9 Å². The van der Waals surface area contributed by atoms with Crippen LogP contribution in [0.3, 0.4) is 0 Å². The van der Waals surface area contributed by atoms with Crippen LogP contribution in [-0.2, 0) is 16.1 Å². The summed E-state index contributed by atoms with van der Waals surface area (Å²) in [5.74, 6) is -1.71. The highest BCUT2D eigenvalue weighted by molar-refractivity contribution is 7.80. The standard InChI is InChI=1S/C26H23FN4O4S/c1-35-22-13-6-5-12-20(22)28-23(32)15-21-25(34)30(16-17-8-3-2-4-9-17)26(36)31(21)29-24(33)18-10-7-11-19(27)14-18/h2-14,21H,15-16H2,1H3,(H,28,32)(H,29,33). The van der Waals surface area contributed by atoms with E-state index in [0.717, 1.165) is 11.6 Å². The van der Waals surface area contributed by atoms with Crippen molar-refractivity contribution in [1.29, 1.82) is 0 Å². The molecule has 0 radical (unpaired) electrons. The van der Waals surface area contributed by atoms with Crippen LogP contribution in [0, 0.1) is 5.82 Å². The summed E-state index contributed by atoms with van der Waals surface area (Å²) < 4.78 is 18.9. The van der Waals surface area contributed by atoms with Gasteiger partial charge in [-0.25, -0.2) is 9.40 Å². The predicted molar refractivity (Wildman–Crippen MR) is 135 cm³/mol. The second-order valence-corrected chi connectivity index (χ2v) is 8.35. The Labute approximate surface area is 212 Å². The maximum Gasteiger partial charge on any atom is 0.269 e. The SMILES string of the molecule is COc1ccccc1NC(=O)CC1C(=O)N(Cc2ccccc2)C(=S)N1NC(=O)c1cccc(F)c1. The van der Waals surface area contributed by atoms with E-state index in [1.165, 1.54) is 35.2 Å². The summed E-state index contributed by atoms with van der Waals surface area (Å²) in [6.07, 6.45) is -0.300. The number of halogens is 1. The van der Waals surface area contributed by atoms with Crippen LogP contribution in [0.2, 0.25) is 0 Å². The van der Waals surface area contributed by atoms with Gasteiger partial charge in [0, 0.05) is 5.56 Å². The first-order valence-electron chi connectivity index (χ1n) is 11.1. The Morgan fingerprint density at radius 1 is 1.03 bits per heavy atom. The van der Waals surface area contributed by atoms with Crippen molar-refractivity contribution in [3.05, 3.63) is 95.8 Å². The molecule has 1 aliphatic heterocycles. The predicted octanol–water partition coefficient (Wildman–Crippen LogP) is 3.51. The highest BCUT2D eigenvalue weighted by atomic mass is 32.1. The van der Waals surface area contributed by atoms with E-state index in [1.54, 1.807) is 24.3 Å². The third-order valence-corrected chi connectivity index (χ3v) is 5.97. The van der Waals surface area contributed by atoms with Crippen LogP contribution in [0.15, 0.2) is 78.9 Å². The lowest BCUT2D eigenvalue weighted by molar-refractivity contribution is -0.131. The van der Waals surface area contributed by atoms with E-state index < -0.39 is 29.6 Å². The average Bonchev–Trinajstić information content (AvgIpc) is 3.09. The van der Waals surface area contributed by atoms with Gasteiger partial charge >= 0.3 is 0 Å². The van der Waals surface area contributed by atoms with Crippen molar-refractivity contribution in [3.63, 3.8) is 0 Å². The number of carbonyl (C=O) groups is 3. The summed E-state index contributed by atoms with van der Waals surface area (Å²) in [5.41, 5.74) is 3.89. The smallest absolute Gasteiger partial charge is 0.269 e. The number of thiocarbonyl (C=S) groups is 1. The highest BCUT2D eigenvalue weighted by Gasteiger charge is 2.44. The van der Waals surface area contributed by atoms with Gasteiger partial charge in [-0.2, -0.15) is 0 Å². The van der Waals surface area contributed by atoms with Crippen molar-refractivity contribution in [1.82, 2.24) is 15.3 Å². The van der Waals surface area contributed by atoms with E-state index in [-0.39, 0.29) is 23.6 Å². The number of amides is 3. The minimum Gasteiger partial charge on any atom is -0.495 e. The van der Waals surface area contributed by atoms with Gasteiger partial charge in [-0.3, -0.25) is 24.7 Å². The number of para-hydroxylation sites is 2. The molecule has 10 heteroatoms. The molecule has 36 heavy (non-hydrogen) atoms. The van der Waals surface area contributed by atoms with Crippen molar-refractivity contribution in [3.8, 4) is 5.75 Å². The molecule has 0 bridgehead atoms. The zero-order valence-corrected chi connectivity index (χ0v) is 20.1. The quantitative estimate of drug-likeness (QED) is 0.455. The lowest BCUT2D eigenvalue weighted by Gasteiger charge is -2.24. The van der Waals surface area contributed by atoms with Crippen molar-refractivity contribution in [2.75, 3.05) is 12.4 Å². The molecule has 1 atom stereocenters. The number of nitrogens with zero attached hydrogens (tertiary/aromatic N) is 2. The second-order valence-electron chi connectivity index (χ2n) is 7.98. The molecule has 3 aromatic rings. The zero-order valence-electron chi connectivity index (χ0n) is 19.3. The van der Waals surface area contributed by atoms with Crippen LogP contribution in [0.4, 0.5) is 10.1 Å². The molecule has 3 aromatic carbocycles. The van der Waals surface area contributed by atoms with Crippen LogP contribution in [0.1, 0.15) is 22.3 Å². The number of hydrazine groups is 1. The number of benzene rings is 3. The fourth-order valence-corrected chi connectivity index (χ4v) is 4.12. The van der Waals surface area contributed by atoms with Crippen LogP contribution >= 0.6 is 12.2 Å². The first-order chi connectivity index (χ1) is 17.4. The Hall–Kier alpha value is -4.31. The number of nitrogens with one attached hydrogen (secondary N) is 2. The Morgan fingerprint density at radius 3 is 2.47 bits per heavy atom. The number of ether oxygens (including phenoxy) is 1. The lowest BCUT2D eigenvalue weighted by Crippen LogP contribution is -2.49. The zero-order chi connectivity index (χ0) is 25.7. The molecule has 3 amide bonds. The first-order valence-corrected chi connectivity index (χ1v) is 11.5. The molecule has 4 rings (SSSR count). The molecule has 1 saturated heterocycles. The van der Waals surface area contributed by atoms with Gasteiger partial charge in [-0.1, -0.05) is 48.5 Å². The summed E-state index contributed by atoms with van der Waals surface area (Å²) in [4.78, 5) is 40.5. The minimum atomic E-state index is -1.10. The van der Waals surface area contributed by atoms with E-state index in [1.807, 2.05) is 30.3 Å². The topological polar surface area (TPSA) is 91.0 Å². The molecular weight excluding hydrogens is 483 g/mol. The Morgan fingerprint density at radius 2 is 1.75 bits per heavy atom. The fraction of sp³-hybridized carbons (Fsp3) is 0.154. The van der Waals surface area contributed by atoms with Gasteiger partial charge < -0.3 is 10.1 Å². The molecular formula is C26H23FN4O4S. The monoisotopic (exact) mass is 506 g/mol. The summed E-state index contributed by atoms with van der Waals surface area (Å²) in [5, 5.41) is 3.96. The number of methoxy groups -OCH3 is 1. The Balaban J connectivity index is 1.57. The van der Waals surface area contributed by atoms with Gasteiger partial charge in [0.05, 0.1) is 25.8 Å². The van der Waals surface area contributed by atoms with Crippen molar-refractivity contribution in [2.24, 2.45) is 0 Å². The summed E-state index contributed by atoms with van der Waals surface area (Å²) in [6, 6.07) is 20.1. The van der Waals surface area contributed by atoms with Gasteiger partial charge in [-0.05, 0) is 48.1 Å². The van der Waals surface area contributed by atoms with E-state index in [9.17, 15) is 18.8 Å². The fourth-order valence-electron chi connectivity index (χ4n) is 3.79. The van der Waals surface area contributed by atoms with Crippen molar-refractivity contribution >= 4 is 40.7 Å². The van der Waals surface area contributed by atoms with E-state index in [2.05, 4.69) is 10.7 Å². The maximum atomic E-state index is 13.7. The molecule has 0 spiro atoms. The van der Waals surface area contributed by atoms with E-state index >= 15 is 0 Å². The molecule has 0 aromatic heterocycles. The number of hydrogen-bond acceptors (Lipinski definition) is 5. The molecule has 1 unspecified atom stereocenters. The normalized spacial score (nSPS) is 15.1. The lowest BCUT2D eigenvalue weighted by atomic mass is 10.1. The van der Waals surface area contributed by atoms with Crippen molar-refractivity contribution < 1.29 is 23.5 Å². The number of rotatable bonds is 8. The molecule has 0 aliphatic carbocycles. The second kappa shape index (κ2) is 11.0. The molecule has 1 heterocycles. The van der Waals surface area contributed by atoms with E-state index in [0.29, 0.717) is 11.4 Å². The van der Waals surface area contributed by atoms with Gasteiger partial charge in [-0.15, -0.1) is 0 Å². The van der Waals surface area contributed by atoms with Gasteiger partial charge in [0.25, 0.3) is 11.8 Å². The van der Waals surface area contributed by atoms with Crippen LogP contribution in [0.25, 0.3) is 0 Å². The largest absolute Gasteiger partial charge is 0.495 e. The molecule has 184 valence electrons. The first kappa shape index (κ1) is 24.8. The average molecular weight is 507 g/mol. The number of anilines is 1. The number of hydrogen-bond donors (Lipinski definition) is 2. The van der Waals surface area contributed by atoms with Crippen molar-refractivity contribution in [2.45, 2.75) is 19.0 Å². The molecule has 2 N–H and O–H groups in total. The Kier molecular flexibility index (Phi) is 7.55. The van der Waals surface area contributed by atoms with Gasteiger partial charge in [0.15, 0.2) is 5.11 Å². The summed E-state index contributed by atoms with van der Waals surface area (Å²) in [6.45, 7) is 0.162. The third-order valence-electron chi connectivity index (χ3n) is 5.55. The Bertz CT molecular complexity index is 1300. The minimum absolute atomic E-state index is 0.0312. The third kappa shape index (κ3) is 5.49.